The van der Waals surface area contributed by atoms with Crippen molar-refractivity contribution >= 4 is 22.9 Å². The van der Waals surface area contributed by atoms with Gasteiger partial charge in [-0.3, -0.25) is 14.5 Å². The van der Waals surface area contributed by atoms with Crippen LogP contribution in [0.5, 0.6) is 0 Å². The lowest BCUT2D eigenvalue weighted by Gasteiger charge is -2.17. The Morgan fingerprint density at radius 3 is 2.66 bits per heavy atom. The van der Waals surface area contributed by atoms with Gasteiger partial charge in [-0.15, -0.1) is 0 Å². The molecule has 4 aromatic heterocycles. The average molecular weight is 474 g/mol. The van der Waals surface area contributed by atoms with E-state index in [1.807, 2.05) is 24.7 Å². The molecule has 0 saturated carbocycles. The maximum absolute atomic E-state index is 13.0. The van der Waals surface area contributed by atoms with Crippen molar-refractivity contribution in [3.05, 3.63) is 54.2 Å². The summed E-state index contributed by atoms with van der Waals surface area (Å²) in [6, 6.07) is 5.63. The molecular formula is C24H27N9O2. The highest BCUT2D eigenvalue weighted by molar-refractivity contribution is 6.00. The van der Waals surface area contributed by atoms with Crippen molar-refractivity contribution < 1.29 is 9.90 Å². The van der Waals surface area contributed by atoms with E-state index in [2.05, 4.69) is 36.9 Å². The number of anilines is 2. The van der Waals surface area contributed by atoms with E-state index in [9.17, 15) is 9.90 Å². The lowest BCUT2D eigenvalue weighted by molar-refractivity contribution is 0.0693. The number of aromatic nitrogens is 6. The number of rotatable bonds is 8. The van der Waals surface area contributed by atoms with E-state index in [1.54, 1.807) is 42.9 Å². The van der Waals surface area contributed by atoms with Crippen LogP contribution < -0.4 is 10.6 Å². The van der Waals surface area contributed by atoms with E-state index >= 15 is 0 Å². The van der Waals surface area contributed by atoms with Crippen molar-refractivity contribution in [1.82, 2.24) is 34.7 Å². The predicted octanol–water partition coefficient (Wildman–Crippen LogP) is 3.07. The summed E-state index contributed by atoms with van der Waals surface area (Å²) >= 11 is 0. The van der Waals surface area contributed by atoms with E-state index in [4.69, 9.17) is 5.26 Å². The maximum atomic E-state index is 13.0. The molecule has 0 aliphatic carbocycles. The van der Waals surface area contributed by atoms with Crippen LogP contribution in [-0.2, 0) is 0 Å². The highest BCUT2D eigenvalue weighted by Crippen LogP contribution is 2.27. The first-order valence-corrected chi connectivity index (χ1v) is 11.2. The molecule has 11 heteroatoms. The highest BCUT2D eigenvalue weighted by atomic mass is 16.3. The van der Waals surface area contributed by atoms with Crippen LogP contribution in [0.3, 0.4) is 0 Å². The number of fused-ring (bicyclic) bond motifs is 1. The number of hydrogen-bond acceptors (Lipinski definition) is 8. The molecule has 3 N–H and O–H groups in total. The van der Waals surface area contributed by atoms with E-state index in [0.717, 1.165) is 5.69 Å². The monoisotopic (exact) mass is 473 g/mol. The van der Waals surface area contributed by atoms with Gasteiger partial charge in [0.2, 0.25) is 0 Å². The summed E-state index contributed by atoms with van der Waals surface area (Å²) < 4.78 is 3.40. The molecular weight excluding hydrogens is 446 g/mol. The number of imidazole rings is 1. The Morgan fingerprint density at radius 1 is 1.17 bits per heavy atom. The normalized spacial score (nSPS) is 11.6. The number of carbonyl (C=O) groups excluding carboxylic acids is 1. The zero-order valence-electron chi connectivity index (χ0n) is 20.0. The quantitative estimate of drug-likeness (QED) is 0.354. The number of nitrogens with one attached hydrogen (secondary N) is 2. The molecule has 0 saturated heterocycles. The molecule has 0 radical (unpaired) electrons. The molecule has 180 valence electrons. The van der Waals surface area contributed by atoms with Crippen LogP contribution in [0.25, 0.3) is 17.0 Å². The smallest absolute Gasteiger partial charge is 0.254 e. The SMILES string of the molecule is CC(C)n1cc(Nc2cc(-c3cnc4cc(C#N)cnn34)ncc2C(=O)NCCC(C)(C)O)cn1. The summed E-state index contributed by atoms with van der Waals surface area (Å²) in [5, 5.41) is 33.8. The van der Waals surface area contributed by atoms with Gasteiger partial charge >= 0.3 is 0 Å². The van der Waals surface area contributed by atoms with E-state index in [1.165, 1.54) is 12.4 Å². The van der Waals surface area contributed by atoms with Gasteiger partial charge < -0.3 is 15.7 Å². The summed E-state index contributed by atoms with van der Waals surface area (Å²) in [6.07, 6.45) is 8.53. The van der Waals surface area contributed by atoms with Crippen LogP contribution in [0.2, 0.25) is 0 Å². The number of aliphatic hydroxyl groups is 1. The summed E-state index contributed by atoms with van der Waals surface area (Å²) in [7, 11) is 0. The van der Waals surface area contributed by atoms with Gasteiger partial charge in [-0.1, -0.05) is 0 Å². The van der Waals surface area contributed by atoms with Crippen molar-refractivity contribution in [2.75, 3.05) is 11.9 Å². The number of pyridine rings is 1. The predicted molar refractivity (Wildman–Crippen MR) is 130 cm³/mol. The summed E-state index contributed by atoms with van der Waals surface area (Å²) in [6.45, 7) is 7.75. The number of hydrogen-bond donors (Lipinski definition) is 3. The molecule has 35 heavy (non-hydrogen) atoms. The lowest BCUT2D eigenvalue weighted by atomic mass is 10.1. The van der Waals surface area contributed by atoms with Gasteiger partial charge in [-0.05, 0) is 40.2 Å². The van der Waals surface area contributed by atoms with Gasteiger partial charge in [0, 0.05) is 31.0 Å². The summed E-state index contributed by atoms with van der Waals surface area (Å²) in [4.78, 5) is 21.8. The molecule has 0 atom stereocenters. The fraction of sp³-hybridized carbons (Fsp3) is 0.333. The van der Waals surface area contributed by atoms with Gasteiger partial charge in [0.1, 0.15) is 11.8 Å². The van der Waals surface area contributed by atoms with Gasteiger partial charge in [-0.2, -0.15) is 15.5 Å². The lowest BCUT2D eigenvalue weighted by Crippen LogP contribution is -2.31. The molecule has 11 nitrogen and oxygen atoms in total. The maximum Gasteiger partial charge on any atom is 0.254 e. The Labute approximate surface area is 202 Å². The average Bonchev–Trinajstić information content (AvgIpc) is 3.45. The van der Waals surface area contributed by atoms with Gasteiger partial charge in [-0.25, -0.2) is 9.50 Å². The molecule has 0 aliphatic rings. The Balaban J connectivity index is 1.70. The van der Waals surface area contributed by atoms with Crippen LogP contribution in [0.4, 0.5) is 11.4 Å². The zero-order valence-corrected chi connectivity index (χ0v) is 20.0. The molecule has 0 bridgehead atoms. The Hall–Kier alpha value is -4.30. The second kappa shape index (κ2) is 9.52. The third-order valence-electron chi connectivity index (χ3n) is 5.33. The van der Waals surface area contributed by atoms with Crippen molar-refractivity contribution in [2.45, 2.75) is 45.8 Å². The fourth-order valence-electron chi connectivity index (χ4n) is 3.41. The van der Waals surface area contributed by atoms with Crippen LogP contribution in [0, 0.1) is 11.3 Å². The van der Waals surface area contributed by atoms with E-state index < -0.39 is 5.60 Å². The van der Waals surface area contributed by atoms with Crippen molar-refractivity contribution in [3.8, 4) is 17.5 Å². The second-order valence-electron chi connectivity index (χ2n) is 9.13. The van der Waals surface area contributed by atoms with E-state index in [-0.39, 0.29) is 11.9 Å². The van der Waals surface area contributed by atoms with Gasteiger partial charge in [0.15, 0.2) is 5.65 Å². The van der Waals surface area contributed by atoms with Gasteiger partial charge in [0.25, 0.3) is 5.91 Å². The number of amides is 1. The largest absolute Gasteiger partial charge is 0.390 e. The number of carbonyl (C=O) groups is 1. The molecule has 4 aromatic rings. The Bertz CT molecular complexity index is 1410. The van der Waals surface area contributed by atoms with Gasteiger partial charge in [0.05, 0.1) is 52.4 Å². The summed E-state index contributed by atoms with van der Waals surface area (Å²) in [5.41, 5.74) is 2.78. The molecule has 4 rings (SSSR count). The van der Waals surface area contributed by atoms with E-state index in [0.29, 0.717) is 46.8 Å². The van der Waals surface area contributed by atoms with Crippen LogP contribution in [0.15, 0.2) is 43.1 Å². The second-order valence-corrected chi connectivity index (χ2v) is 9.13. The number of nitriles is 1. The van der Waals surface area contributed by atoms with Crippen molar-refractivity contribution in [1.29, 1.82) is 5.26 Å². The van der Waals surface area contributed by atoms with Crippen molar-refractivity contribution in [3.63, 3.8) is 0 Å². The third kappa shape index (κ3) is 5.44. The molecule has 1 amide bonds. The van der Waals surface area contributed by atoms with Crippen LogP contribution in [-0.4, -0.2) is 52.5 Å². The molecule has 4 heterocycles. The molecule has 0 spiro atoms. The first-order valence-electron chi connectivity index (χ1n) is 11.2. The Morgan fingerprint density at radius 2 is 1.97 bits per heavy atom. The molecule has 0 aliphatic heterocycles. The molecule has 0 unspecified atom stereocenters. The zero-order chi connectivity index (χ0) is 25.2. The van der Waals surface area contributed by atoms with Crippen LogP contribution >= 0.6 is 0 Å². The Kier molecular flexibility index (Phi) is 6.48. The minimum atomic E-state index is -0.886. The standard InChI is InChI=1S/C24H27N9O2/c1-15(2)32-14-17(11-29-32)31-19-8-20(21-13-28-22-7-16(9-25)10-30-33(21)22)27-12-18(19)23(34)26-6-5-24(3,4)35/h7-8,10-15,35H,5-6H2,1-4H3,(H,26,34)(H,27,31). The highest BCUT2D eigenvalue weighted by Gasteiger charge is 2.19. The topological polar surface area (TPSA) is 146 Å². The molecule has 0 aromatic carbocycles. The van der Waals surface area contributed by atoms with Crippen molar-refractivity contribution in [2.24, 2.45) is 0 Å². The first-order chi connectivity index (χ1) is 16.6. The number of nitrogens with zero attached hydrogens (tertiary/aromatic N) is 7. The third-order valence-corrected chi connectivity index (χ3v) is 5.33. The van der Waals surface area contributed by atoms with Crippen LogP contribution in [0.1, 0.15) is 56.1 Å². The first kappa shape index (κ1) is 23.8. The minimum Gasteiger partial charge on any atom is -0.390 e. The minimum absolute atomic E-state index is 0.186. The summed E-state index contributed by atoms with van der Waals surface area (Å²) in [5.74, 6) is -0.318. The molecule has 0 fully saturated rings. The fourth-order valence-corrected chi connectivity index (χ4v) is 3.41.